The van der Waals surface area contributed by atoms with Gasteiger partial charge < -0.3 is 0 Å². The second-order valence-electron chi connectivity index (χ2n) is 35.0. The molecule has 0 heteroatoms. The van der Waals surface area contributed by atoms with Crippen LogP contribution in [0.4, 0.5) is 0 Å². The summed E-state index contributed by atoms with van der Waals surface area (Å²) < 4.78 is 0. The van der Waals surface area contributed by atoms with Gasteiger partial charge in [-0.1, -0.05) is 413 Å². The van der Waals surface area contributed by atoms with E-state index in [2.05, 4.69) is 473 Å². The Morgan fingerprint density at radius 3 is 0.636 bits per heavy atom. The molecule has 0 nitrogen and oxygen atoms in total. The van der Waals surface area contributed by atoms with E-state index >= 15 is 0 Å². The molecule has 0 radical (unpaired) electrons. The maximum Gasteiger partial charge on any atom is -0.000110 e. The molecule has 24 aromatic rings. The molecule has 0 spiro atoms. The van der Waals surface area contributed by atoms with Crippen LogP contribution in [0, 0.1) is 0 Å². The Morgan fingerprint density at radius 1 is 0.0930 bits per heavy atom. The molecule has 0 fully saturated rings. The first-order valence-corrected chi connectivity index (χ1v) is 45.2. The highest BCUT2D eigenvalue weighted by Crippen LogP contribution is 2.53. The summed E-state index contributed by atoms with van der Waals surface area (Å²) in [7, 11) is 0. The van der Waals surface area contributed by atoms with Gasteiger partial charge in [-0.2, -0.15) is 0 Å². The molecule has 24 aromatic carbocycles. The molecule has 0 heterocycles. The highest BCUT2D eigenvalue weighted by Gasteiger charge is 2.31. The lowest BCUT2D eigenvalue weighted by Gasteiger charge is -2.16. The molecular formula is C129H84. The highest BCUT2D eigenvalue weighted by atomic mass is 14.3. The highest BCUT2D eigenvalue weighted by molar-refractivity contribution is 6.29. The summed E-state index contributed by atoms with van der Waals surface area (Å²) >= 11 is 0. The third-order valence-corrected chi connectivity index (χ3v) is 27.9. The van der Waals surface area contributed by atoms with Crippen molar-refractivity contribution in [2.45, 2.75) is 19.3 Å². The molecule has 0 saturated carbocycles. The summed E-state index contributed by atoms with van der Waals surface area (Å²) in [5.74, 6) is 0. The van der Waals surface area contributed by atoms with Gasteiger partial charge >= 0.3 is 0 Å². The zero-order chi connectivity index (χ0) is 85.0. The zero-order valence-corrected chi connectivity index (χ0v) is 71.2. The molecule has 0 atom stereocenters. The van der Waals surface area contributed by atoms with Crippen LogP contribution in [-0.2, 0) is 19.3 Å². The normalized spacial score (nSPS) is 12.1. The molecule has 0 bridgehead atoms. The van der Waals surface area contributed by atoms with E-state index in [4.69, 9.17) is 0 Å². The Balaban J connectivity index is 0.000000106. The molecule has 0 aromatic heterocycles. The van der Waals surface area contributed by atoms with Crippen LogP contribution in [0.3, 0.4) is 0 Å². The lowest BCUT2D eigenvalue weighted by atomic mass is 9.88. The maximum atomic E-state index is 2.45. The minimum Gasteiger partial charge on any atom is -0.0622 e. The quantitative estimate of drug-likeness (QED) is 0.126. The fourth-order valence-electron chi connectivity index (χ4n) is 21.9. The van der Waals surface area contributed by atoms with Crippen molar-refractivity contribution in [3.8, 4) is 134 Å². The molecule has 3 aliphatic rings. The van der Waals surface area contributed by atoms with Gasteiger partial charge in [-0.05, 0) is 344 Å². The Labute approximate surface area is 750 Å². The number of rotatable bonds is 9. The van der Waals surface area contributed by atoms with Crippen molar-refractivity contribution in [1.29, 1.82) is 0 Å². The first kappa shape index (κ1) is 75.2. The van der Waals surface area contributed by atoms with Gasteiger partial charge in [0.2, 0.25) is 0 Å². The van der Waals surface area contributed by atoms with Crippen molar-refractivity contribution in [3.63, 3.8) is 0 Å². The molecular weight excluding hydrogens is 1550 g/mol. The number of fused-ring (bicyclic) bond motifs is 27. The van der Waals surface area contributed by atoms with Gasteiger partial charge in [0.15, 0.2) is 0 Å². The molecule has 600 valence electrons. The van der Waals surface area contributed by atoms with Crippen LogP contribution in [0.2, 0.25) is 0 Å². The summed E-state index contributed by atoms with van der Waals surface area (Å²) in [6.45, 7) is 0. The molecule has 27 rings (SSSR count). The summed E-state index contributed by atoms with van der Waals surface area (Å²) in [5.41, 5.74) is 39.7. The Hall–Kier alpha value is -16.4. The average molecular weight is 1630 g/mol. The van der Waals surface area contributed by atoms with Crippen molar-refractivity contribution in [2.75, 3.05) is 0 Å². The Bertz CT molecular complexity index is 8540. The van der Waals surface area contributed by atoms with Gasteiger partial charge in [-0.25, -0.2) is 0 Å². The first-order chi connectivity index (χ1) is 64.0. The zero-order valence-electron chi connectivity index (χ0n) is 71.2. The van der Waals surface area contributed by atoms with E-state index in [0.717, 1.165) is 19.3 Å². The van der Waals surface area contributed by atoms with Crippen LogP contribution in [-0.4, -0.2) is 0 Å². The van der Waals surface area contributed by atoms with Crippen molar-refractivity contribution < 1.29 is 0 Å². The molecule has 3 aliphatic carbocycles. The molecule has 0 aliphatic heterocycles. The molecule has 129 heavy (non-hydrogen) atoms. The number of hydrogen-bond donors (Lipinski definition) is 0. The van der Waals surface area contributed by atoms with Crippen LogP contribution >= 0.6 is 0 Å². The van der Waals surface area contributed by atoms with Gasteiger partial charge in [0.05, 0.1) is 0 Å². The maximum absolute atomic E-state index is 2.45. The van der Waals surface area contributed by atoms with Gasteiger partial charge in [0.1, 0.15) is 0 Å². The van der Waals surface area contributed by atoms with Crippen molar-refractivity contribution >= 4 is 97.0 Å². The lowest BCUT2D eigenvalue weighted by Crippen LogP contribution is -1.92. The van der Waals surface area contributed by atoms with E-state index in [1.807, 2.05) is 0 Å². The van der Waals surface area contributed by atoms with Gasteiger partial charge in [-0.15, -0.1) is 0 Å². The Kier molecular flexibility index (Phi) is 18.3. The molecule has 0 N–H and O–H groups in total. The SMILES string of the molecule is c1ccc(-c2cc(-c3ccccc3)c3c(c2)-c2cc(-c4ccccc4)cc(-c4ccc5c6ccccc6c6ccccc6c5c4)c2C3)cc1.c1ccc(-c2ccc3c(c2)-c2cc(-c4ccccc4)cc(-c4ccc5c6ccccc6c6ccccc6c5c4)c2C3)cc1.c1ccc(-c2cccc3c2Cc2c(-c4ccc5c6ccccc6c6ccccc6c5c4)cccc2-3)cc1. The monoisotopic (exact) mass is 1630 g/mol. The summed E-state index contributed by atoms with van der Waals surface area (Å²) in [6.07, 6.45) is 2.80. The van der Waals surface area contributed by atoms with Crippen LogP contribution < -0.4 is 0 Å². The van der Waals surface area contributed by atoms with Gasteiger partial charge in [0.25, 0.3) is 0 Å². The fourth-order valence-corrected chi connectivity index (χ4v) is 21.9. The van der Waals surface area contributed by atoms with Gasteiger partial charge in [0, 0.05) is 0 Å². The van der Waals surface area contributed by atoms with Crippen LogP contribution in [0.1, 0.15) is 33.4 Å². The second-order valence-corrected chi connectivity index (χ2v) is 35.0. The third-order valence-electron chi connectivity index (χ3n) is 27.9. The predicted molar refractivity (Wildman–Crippen MR) is 551 cm³/mol. The average Bonchev–Trinajstić information content (AvgIpc) is 1.73. The molecule has 0 unspecified atom stereocenters. The minimum absolute atomic E-state index is 0.894. The summed E-state index contributed by atoms with van der Waals surface area (Å²) in [5, 5.41) is 23.6. The standard InChI is InChI=1S/C49H32.C43H28.C37H24/c1-4-14-32(15-5-1)36-27-43(34-18-8-3-9-19-34)48-31-49-44(28-37(30-47(49)46(48)29-36)33-16-6-2-7-17-33)35-24-25-42-40-22-11-10-20-38(40)39-21-12-13-23-41(39)45(42)26-35;1-3-11-28(12-4-1)30-19-20-31-25-42-40(26-33(27-43(42)39(31)23-30)29-13-5-2-6-14-29)32-21-22-38-36-17-8-7-15-34(36)35-16-9-10-18-37(35)41(38)24-32;1-2-10-24(11-3-1)26-16-8-18-32-33-19-9-17-27(37(33)23-36(26)32)25-20-21-34-30-14-5-4-12-28(30)29-13-6-7-15-31(29)35(34)22-25/h1-30H,31H2;1-24,26-27H,25H2;1-22H,23H2. The van der Waals surface area contributed by atoms with Crippen LogP contribution in [0.25, 0.3) is 230 Å². The van der Waals surface area contributed by atoms with Crippen molar-refractivity contribution in [1.82, 2.24) is 0 Å². The smallest absolute Gasteiger partial charge is 0.000110 e. The summed E-state index contributed by atoms with van der Waals surface area (Å²) in [4.78, 5) is 0. The minimum atomic E-state index is 0.894. The topological polar surface area (TPSA) is 0 Å². The van der Waals surface area contributed by atoms with Crippen molar-refractivity contribution in [3.05, 3.63) is 507 Å². The van der Waals surface area contributed by atoms with E-state index in [0.29, 0.717) is 0 Å². The third kappa shape index (κ3) is 13.0. The predicted octanol–water partition coefficient (Wildman–Crippen LogP) is 35.2. The molecule has 0 amide bonds. The van der Waals surface area contributed by atoms with Crippen molar-refractivity contribution in [2.24, 2.45) is 0 Å². The van der Waals surface area contributed by atoms with Crippen LogP contribution in [0.15, 0.2) is 473 Å². The van der Waals surface area contributed by atoms with Crippen LogP contribution in [0.5, 0.6) is 0 Å². The van der Waals surface area contributed by atoms with E-state index in [9.17, 15) is 0 Å². The van der Waals surface area contributed by atoms with E-state index < -0.39 is 0 Å². The molecule has 0 saturated heterocycles. The fraction of sp³-hybridized carbons (Fsp3) is 0.0233. The summed E-state index contributed by atoms with van der Waals surface area (Å²) in [6, 6.07) is 174. The number of benzene rings is 24. The van der Waals surface area contributed by atoms with E-state index in [1.54, 1.807) is 0 Å². The van der Waals surface area contributed by atoms with E-state index in [-0.39, 0.29) is 0 Å². The first-order valence-electron chi connectivity index (χ1n) is 45.2. The number of hydrogen-bond acceptors (Lipinski definition) is 0. The largest absolute Gasteiger partial charge is 0.0622 e. The van der Waals surface area contributed by atoms with Gasteiger partial charge in [-0.3, -0.25) is 0 Å². The second kappa shape index (κ2) is 31.4. The Morgan fingerprint density at radius 2 is 0.302 bits per heavy atom. The lowest BCUT2D eigenvalue weighted by molar-refractivity contribution is 1.26. The van der Waals surface area contributed by atoms with E-state index in [1.165, 1.54) is 264 Å².